The Morgan fingerprint density at radius 3 is 1.35 bits per heavy atom. The van der Waals surface area contributed by atoms with Crippen LogP contribution in [0.4, 0.5) is 0 Å². The van der Waals surface area contributed by atoms with E-state index in [0.29, 0.717) is 0 Å². The summed E-state index contributed by atoms with van der Waals surface area (Å²) in [6, 6.07) is 37.7. The molecule has 130 valence electrons. The number of rotatable bonds is 5. The van der Waals surface area contributed by atoms with Crippen LogP contribution >= 0.6 is 7.26 Å². The first-order valence-electron chi connectivity index (χ1n) is 9.07. The fraction of sp³-hybridized carbons (Fsp3) is 0.0833. The molecule has 4 aromatic rings. The predicted molar refractivity (Wildman–Crippen MR) is 116 cm³/mol. The van der Waals surface area contributed by atoms with Gasteiger partial charge in [-0.05, 0) is 0 Å². The minimum atomic E-state index is -2.18. The second-order valence-electron chi connectivity index (χ2n) is 6.79. The van der Waals surface area contributed by atoms with Crippen molar-refractivity contribution in [2.75, 3.05) is 0 Å². The number of aromatic nitrogens is 1. The third-order valence-corrected chi connectivity index (χ3v) is 10.1. The van der Waals surface area contributed by atoms with Gasteiger partial charge in [-0.1, -0.05) is 0 Å². The van der Waals surface area contributed by atoms with Crippen LogP contribution in [-0.2, 0) is 13.2 Å². The van der Waals surface area contributed by atoms with E-state index in [0.717, 1.165) is 6.16 Å². The minimum absolute atomic E-state index is 1.05. The molecule has 1 aromatic heterocycles. The van der Waals surface area contributed by atoms with Gasteiger partial charge in [-0.3, -0.25) is 0 Å². The van der Waals surface area contributed by atoms with Crippen molar-refractivity contribution in [1.29, 1.82) is 0 Å². The van der Waals surface area contributed by atoms with Crippen LogP contribution in [-0.4, -0.2) is 4.57 Å². The van der Waals surface area contributed by atoms with Crippen molar-refractivity contribution < 1.29 is 0 Å². The van der Waals surface area contributed by atoms with Crippen LogP contribution in [0.15, 0.2) is 109 Å². The Morgan fingerprint density at radius 2 is 1.00 bits per heavy atom. The topological polar surface area (TPSA) is 4.93 Å². The van der Waals surface area contributed by atoms with E-state index in [1.807, 2.05) is 0 Å². The van der Waals surface area contributed by atoms with Crippen LogP contribution < -0.4 is 15.9 Å². The second-order valence-corrected chi connectivity index (χ2v) is 10.7. The molecule has 0 radical (unpaired) electrons. The summed E-state index contributed by atoms with van der Waals surface area (Å²) in [7, 11) is -0.0323. The first kappa shape index (κ1) is 16.8. The number of hydrogen-bond donors (Lipinski definition) is 0. The zero-order valence-corrected chi connectivity index (χ0v) is 16.0. The molecule has 2 heteroatoms. The first-order valence-corrected chi connectivity index (χ1v) is 11.3. The van der Waals surface area contributed by atoms with Gasteiger partial charge < -0.3 is 0 Å². The van der Waals surface area contributed by atoms with Gasteiger partial charge in [0, 0.05) is 0 Å². The van der Waals surface area contributed by atoms with E-state index in [-0.39, 0.29) is 0 Å². The third kappa shape index (κ3) is 3.00. The summed E-state index contributed by atoms with van der Waals surface area (Å²) in [5, 5.41) is 4.37. The summed E-state index contributed by atoms with van der Waals surface area (Å²) in [4.78, 5) is 0. The molecular formula is C24H24NP. The molecule has 0 aliphatic carbocycles. The van der Waals surface area contributed by atoms with Gasteiger partial charge in [0.15, 0.2) is 0 Å². The van der Waals surface area contributed by atoms with Crippen molar-refractivity contribution in [2.45, 2.75) is 6.16 Å². The van der Waals surface area contributed by atoms with Crippen molar-refractivity contribution in [3.05, 3.63) is 115 Å². The first-order chi connectivity index (χ1) is 12.8. The van der Waals surface area contributed by atoms with E-state index >= 15 is 0 Å². The van der Waals surface area contributed by atoms with Crippen molar-refractivity contribution in [2.24, 2.45) is 7.05 Å². The predicted octanol–water partition coefficient (Wildman–Crippen LogP) is 4.25. The van der Waals surface area contributed by atoms with E-state index in [1.165, 1.54) is 21.6 Å². The quantitative estimate of drug-likeness (QED) is 0.471. The summed E-state index contributed by atoms with van der Waals surface area (Å²) < 4.78 is 2.26. The van der Waals surface area contributed by atoms with Gasteiger partial charge >= 0.3 is 156 Å². The Morgan fingerprint density at radius 1 is 0.577 bits per heavy atom. The molecule has 0 bridgehead atoms. The number of nitrogens with zero attached hydrogens (tertiary/aromatic N) is 1. The van der Waals surface area contributed by atoms with E-state index < -0.39 is 7.26 Å². The molecule has 4 rings (SSSR count). The van der Waals surface area contributed by atoms with Crippen LogP contribution in [0, 0.1) is 0 Å². The van der Waals surface area contributed by atoms with Crippen LogP contribution in [0.25, 0.3) is 0 Å². The summed E-state index contributed by atoms with van der Waals surface area (Å²) in [5.41, 5.74) is 1.38. The average molecular weight is 357 g/mol. The van der Waals surface area contributed by atoms with Gasteiger partial charge in [-0.2, -0.15) is 0 Å². The fourth-order valence-corrected chi connectivity index (χ4v) is 8.73. The number of hydrogen-bond acceptors (Lipinski definition) is 0. The molecule has 0 amide bonds. The standard InChI is InChI=1S/C24H24NP/c1-25-19-11-12-21(25)20-26(22-13-5-2-6-14-22,23-15-7-3-8-16-23)24-17-9-4-10-18-24/h2-19,26H,20H2,1H3. The van der Waals surface area contributed by atoms with Gasteiger partial charge in [-0.25, -0.2) is 0 Å². The second kappa shape index (κ2) is 7.32. The molecule has 3 aromatic carbocycles. The summed E-state index contributed by atoms with van der Waals surface area (Å²) in [5.74, 6) is 0. The molecule has 0 atom stereocenters. The van der Waals surface area contributed by atoms with Crippen LogP contribution in [0.5, 0.6) is 0 Å². The number of benzene rings is 3. The zero-order valence-electron chi connectivity index (χ0n) is 15.0. The number of aryl methyl sites for hydroxylation is 1. The van der Waals surface area contributed by atoms with E-state index in [2.05, 4.69) is 121 Å². The van der Waals surface area contributed by atoms with Gasteiger partial charge in [-0.15, -0.1) is 0 Å². The van der Waals surface area contributed by atoms with E-state index in [1.54, 1.807) is 0 Å². The fourth-order valence-electron chi connectivity index (χ4n) is 3.93. The molecule has 0 unspecified atom stereocenters. The molecular weight excluding hydrogens is 333 g/mol. The van der Waals surface area contributed by atoms with Crippen molar-refractivity contribution in [3.8, 4) is 0 Å². The Bertz CT molecular complexity index is 862. The Labute approximate surface area is 156 Å². The molecule has 0 saturated carbocycles. The monoisotopic (exact) mass is 357 g/mol. The van der Waals surface area contributed by atoms with Crippen molar-refractivity contribution >= 4 is 23.2 Å². The maximum atomic E-state index is 2.31. The molecule has 0 aliphatic heterocycles. The van der Waals surface area contributed by atoms with Crippen molar-refractivity contribution in [1.82, 2.24) is 4.57 Å². The molecule has 26 heavy (non-hydrogen) atoms. The zero-order chi connectivity index (χ0) is 17.8. The van der Waals surface area contributed by atoms with Gasteiger partial charge in [0.05, 0.1) is 0 Å². The Hall–Kier alpha value is -2.63. The van der Waals surface area contributed by atoms with Gasteiger partial charge in [0.2, 0.25) is 0 Å². The van der Waals surface area contributed by atoms with E-state index in [9.17, 15) is 0 Å². The molecule has 0 fully saturated rings. The molecule has 0 aliphatic rings. The summed E-state index contributed by atoms with van der Waals surface area (Å²) in [6.07, 6.45) is 3.20. The van der Waals surface area contributed by atoms with Crippen molar-refractivity contribution in [3.63, 3.8) is 0 Å². The van der Waals surface area contributed by atoms with Gasteiger partial charge in [0.25, 0.3) is 0 Å². The third-order valence-electron chi connectivity index (χ3n) is 5.30. The van der Waals surface area contributed by atoms with Crippen LogP contribution in [0.2, 0.25) is 0 Å². The molecule has 1 heterocycles. The molecule has 0 N–H and O–H groups in total. The van der Waals surface area contributed by atoms with E-state index in [4.69, 9.17) is 0 Å². The summed E-state index contributed by atoms with van der Waals surface area (Å²) in [6.45, 7) is 0. The van der Waals surface area contributed by atoms with Crippen LogP contribution in [0.3, 0.4) is 0 Å². The summed E-state index contributed by atoms with van der Waals surface area (Å²) >= 11 is 0. The molecule has 1 nitrogen and oxygen atoms in total. The Balaban J connectivity index is 2.02. The average Bonchev–Trinajstić information content (AvgIpc) is 3.12. The Kier molecular flexibility index (Phi) is 4.73. The van der Waals surface area contributed by atoms with Crippen LogP contribution in [0.1, 0.15) is 5.69 Å². The maximum absolute atomic E-state index is 2.31. The van der Waals surface area contributed by atoms with Gasteiger partial charge in [0.1, 0.15) is 0 Å². The molecule has 0 saturated heterocycles. The molecule has 0 spiro atoms. The SMILES string of the molecule is Cn1cccc1C[PH](c1ccccc1)(c1ccccc1)c1ccccc1. The normalized spacial score (nSPS) is 12.0.